The summed E-state index contributed by atoms with van der Waals surface area (Å²) < 4.78 is 19.5. The Labute approximate surface area is 156 Å². The molecule has 0 radical (unpaired) electrons. The Morgan fingerprint density at radius 2 is 1.92 bits per heavy atom. The highest BCUT2D eigenvalue weighted by atomic mass is 35.5. The zero-order valence-corrected chi connectivity index (χ0v) is 15.5. The maximum atomic E-state index is 14.3. The van der Waals surface area contributed by atoms with Crippen LogP contribution in [0.25, 0.3) is 11.3 Å². The molecule has 0 saturated heterocycles. The molecule has 0 aliphatic rings. The molecule has 2 aromatic carbocycles. The lowest BCUT2D eigenvalue weighted by Crippen LogP contribution is -2.27. The van der Waals surface area contributed by atoms with Gasteiger partial charge in [0.25, 0.3) is 5.91 Å². The molecule has 4 nitrogen and oxygen atoms in total. The first kappa shape index (κ1) is 18.1. The average Bonchev–Trinajstić information content (AvgIpc) is 2.97. The molecule has 0 unspecified atom stereocenters. The third-order valence-corrected chi connectivity index (χ3v) is 4.61. The number of carbonyl (C=O) groups excluding carboxylic acids is 1. The largest absolute Gasteiger partial charge is 0.360 e. The van der Waals surface area contributed by atoms with E-state index in [1.54, 1.807) is 24.9 Å². The summed E-state index contributed by atoms with van der Waals surface area (Å²) in [6, 6.07) is 12.2. The van der Waals surface area contributed by atoms with E-state index >= 15 is 0 Å². The Morgan fingerprint density at radius 1 is 1.19 bits per heavy atom. The fourth-order valence-corrected chi connectivity index (χ4v) is 3.08. The van der Waals surface area contributed by atoms with Crippen molar-refractivity contribution in [1.82, 2.24) is 10.1 Å². The van der Waals surface area contributed by atoms with Gasteiger partial charge < -0.3 is 9.42 Å². The molecular formula is C20H18ClFN2O2. The molecule has 26 heavy (non-hydrogen) atoms. The number of hydrogen-bond acceptors (Lipinski definition) is 3. The Balaban J connectivity index is 1.98. The monoisotopic (exact) mass is 372 g/mol. The van der Waals surface area contributed by atoms with Crippen LogP contribution in [-0.2, 0) is 6.54 Å². The van der Waals surface area contributed by atoms with Gasteiger partial charge in [0.15, 0.2) is 0 Å². The molecule has 0 N–H and O–H groups in total. The fourth-order valence-electron chi connectivity index (χ4n) is 2.82. The van der Waals surface area contributed by atoms with Gasteiger partial charge in [0.2, 0.25) is 0 Å². The van der Waals surface area contributed by atoms with Gasteiger partial charge >= 0.3 is 0 Å². The molecule has 0 bridgehead atoms. The summed E-state index contributed by atoms with van der Waals surface area (Å²) in [4.78, 5) is 14.6. The second-order valence-corrected chi connectivity index (χ2v) is 6.55. The van der Waals surface area contributed by atoms with Crippen LogP contribution >= 0.6 is 11.6 Å². The van der Waals surface area contributed by atoms with Crippen LogP contribution in [0.5, 0.6) is 0 Å². The Kier molecular flexibility index (Phi) is 5.09. The third kappa shape index (κ3) is 3.35. The molecule has 0 saturated carbocycles. The van der Waals surface area contributed by atoms with E-state index in [2.05, 4.69) is 5.16 Å². The van der Waals surface area contributed by atoms with Crippen LogP contribution < -0.4 is 0 Å². The standard InChI is InChI=1S/C20H18ClFN2O2/c1-12-7-4-5-8-14(12)11-24(3)20(25)17-13(2)26-23-19(17)18-15(21)9-6-10-16(18)22/h4-10H,11H2,1-3H3. The Morgan fingerprint density at radius 3 is 2.62 bits per heavy atom. The van der Waals surface area contributed by atoms with E-state index in [9.17, 15) is 9.18 Å². The van der Waals surface area contributed by atoms with Gasteiger partial charge in [-0.25, -0.2) is 4.39 Å². The second kappa shape index (κ2) is 7.30. The van der Waals surface area contributed by atoms with Crippen molar-refractivity contribution in [3.05, 3.63) is 75.8 Å². The first-order chi connectivity index (χ1) is 12.4. The highest BCUT2D eigenvalue weighted by Crippen LogP contribution is 2.34. The summed E-state index contributed by atoms with van der Waals surface area (Å²) in [7, 11) is 1.69. The lowest BCUT2D eigenvalue weighted by atomic mass is 10.0. The van der Waals surface area contributed by atoms with Crippen molar-refractivity contribution in [2.45, 2.75) is 20.4 Å². The summed E-state index contributed by atoms with van der Waals surface area (Å²) in [6.45, 7) is 4.03. The van der Waals surface area contributed by atoms with Gasteiger partial charge in [-0.2, -0.15) is 0 Å². The van der Waals surface area contributed by atoms with Crippen LogP contribution in [0.2, 0.25) is 5.02 Å². The first-order valence-corrected chi connectivity index (χ1v) is 8.48. The van der Waals surface area contributed by atoms with Crippen molar-refractivity contribution < 1.29 is 13.7 Å². The predicted molar refractivity (Wildman–Crippen MR) is 98.6 cm³/mol. The number of amides is 1. The number of rotatable bonds is 4. The molecule has 0 atom stereocenters. The van der Waals surface area contributed by atoms with Gasteiger partial charge in [0.05, 0.1) is 10.6 Å². The van der Waals surface area contributed by atoms with Crippen molar-refractivity contribution >= 4 is 17.5 Å². The van der Waals surface area contributed by atoms with Crippen LogP contribution in [0, 0.1) is 19.7 Å². The summed E-state index contributed by atoms with van der Waals surface area (Å²) in [6.07, 6.45) is 0. The number of carbonyl (C=O) groups is 1. The molecule has 3 aromatic rings. The van der Waals surface area contributed by atoms with E-state index in [0.717, 1.165) is 11.1 Å². The number of hydrogen-bond donors (Lipinski definition) is 0. The fraction of sp³-hybridized carbons (Fsp3) is 0.200. The van der Waals surface area contributed by atoms with E-state index in [-0.39, 0.29) is 27.8 Å². The lowest BCUT2D eigenvalue weighted by Gasteiger charge is -2.19. The molecule has 1 aromatic heterocycles. The first-order valence-electron chi connectivity index (χ1n) is 8.10. The molecule has 1 heterocycles. The van der Waals surface area contributed by atoms with Crippen LogP contribution in [0.15, 0.2) is 47.0 Å². The summed E-state index contributed by atoms with van der Waals surface area (Å²) >= 11 is 6.13. The lowest BCUT2D eigenvalue weighted by molar-refractivity contribution is 0.0784. The van der Waals surface area contributed by atoms with Crippen LogP contribution in [0.4, 0.5) is 4.39 Å². The Bertz CT molecular complexity index is 948. The van der Waals surface area contributed by atoms with Crippen molar-refractivity contribution in [3.63, 3.8) is 0 Å². The topological polar surface area (TPSA) is 46.3 Å². The van der Waals surface area contributed by atoms with Gasteiger partial charge in [0, 0.05) is 13.6 Å². The Hall–Kier alpha value is -2.66. The van der Waals surface area contributed by atoms with Gasteiger partial charge in [-0.3, -0.25) is 4.79 Å². The second-order valence-electron chi connectivity index (χ2n) is 6.15. The highest BCUT2D eigenvalue weighted by molar-refractivity contribution is 6.33. The summed E-state index contributed by atoms with van der Waals surface area (Å²) in [5.74, 6) is -0.538. The van der Waals surface area contributed by atoms with E-state index in [4.69, 9.17) is 16.1 Å². The highest BCUT2D eigenvalue weighted by Gasteiger charge is 2.27. The van der Waals surface area contributed by atoms with Crippen LogP contribution in [0.3, 0.4) is 0 Å². The molecule has 0 fully saturated rings. The minimum absolute atomic E-state index is 0.0682. The maximum Gasteiger partial charge on any atom is 0.259 e. The van der Waals surface area contributed by atoms with E-state index in [0.29, 0.717) is 12.3 Å². The minimum Gasteiger partial charge on any atom is -0.360 e. The van der Waals surface area contributed by atoms with Gasteiger partial charge in [-0.05, 0) is 37.1 Å². The number of halogens is 2. The normalized spacial score (nSPS) is 10.8. The molecule has 0 aliphatic carbocycles. The minimum atomic E-state index is -0.554. The van der Waals surface area contributed by atoms with Crippen molar-refractivity contribution in [1.29, 1.82) is 0 Å². The summed E-state index contributed by atoms with van der Waals surface area (Å²) in [5, 5.41) is 4.06. The zero-order valence-electron chi connectivity index (χ0n) is 14.7. The van der Waals surface area contributed by atoms with Crippen molar-refractivity contribution in [3.8, 4) is 11.3 Å². The molecule has 1 amide bonds. The predicted octanol–water partition coefficient (Wildman–Crippen LogP) is 5.02. The molecule has 134 valence electrons. The van der Waals surface area contributed by atoms with E-state index in [1.807, 2.05) is 31.2 Å². The summed E-state index contributed by atoms with van der Waals surface area (Å²) in [5.41, 5.74) is 2.52. The average molecular weight is 373 g/mol. The molecular weight excluding hydrogens is 355 g/mol. The van der Waals surface area contributed by atoms with Crippen LogP contribution in [0.1, 0.15) is 27.2 Å². The van der Waals surface area contributed by atoms with Crippen molar-refractivity contribution in [2.75, 3.05) is 7.05 Å². The molecule has 6 heteroatoms. The molecule has 0 aliphatic heterocycles. The quantitative estimate of drug-likeness (QED) is 0.645. The number of aryl methyl sites for hydroxylation is 2. The number of benzene rings is 2. The van der Waals surface area contributed by atoms with Crippen LogP contribution in [-0.4, -0.2) is 23.0 Å². The van der Waals surface area contributed by atoms with E-state index in [1.165, 1.54) is 12.1 Å². The molecule has 0 spiro atoms. The maximum absolute atomic E-state index is 14.3. The smallest absolute Gasteiger partial charge is 0.259 e. The number of aromatic nitrogens is 1. The SMILES string of the molecule is Cc1ccccc1CN(C)C(=O)c1c(-c2c(F)cccc2Cl)noc1C. The molecule has 3 rings (SSSR count). The van der Waals surface area contributed by atoms with E-state index < -0.39 is 5.82 Å². The van der Waals surface area contributed by atoms with Gasteiger partial charge in [-0.15, -0.1) is 0 Å². The third-order valence-electron chi connectivity index (χ3n) is 4.29. The van der Waals surface area contributed by atoms with Crippen molar-refractivity contribution in [2.24, 2.45) is 0 Å². The van der Waals surface area contributed by atoms with Gasteiger partial charge in [0.1, 0.15) is 22.8 Å². The van der Waals surface area contributed by atoms with Gasteiger partial charge in [-0.1, -0.05) is 47.1 Å². The zero-order chi connectivity index (χ0) is 18.8. The number of nitrogens with zero attached hydrogens (tertiary/aromatic N) is 2.